The Hall–Kier alpha value is -1.70. The van der Waals surface area contributed by atoms with Gasteiger partial charge in [-0.05, 0) is 25.3 Å². The molecule has 0 bridgehead atoms. The van der Waals surface area contributed by atoms with Crippen molar-refractivity contribution in [1.82, 2.24) is 9.88 Å². The van der Waals surface area contributed by atoms with Crippen LogP contribution in [0.4, 0.5) is 0 Å². The number of aliphatic hydroxyl groups is 1. The van der Waals surface area contributed by atoms with Crippen LogP contribution in [0.25, 0.3) is 11.5 Å². The normalized spacial score (nSPS) is 21.6. The van der Waals surface area contributed by atoms with Gasteiger partial charge in [0.2, 0.25) is 11.8 Å². The van der Waals surface area contributed by atoms with Gasteiger partial charge in [-0.15, -0.1) is 0 Å². The van der Waals surface area contributed by atoms with Gasteiger partial charge >= 0.3 is 0 Å². The zero-order chi connectivity index (χ0) is 16.4. The lowest BCUT2D eigenvalue weighted by atomic mass is 10.1. The molecule has 3 rings (SSSR count). The van der Waals surface area contributed by atoms with Crippen molar-refractivity contribution >= 4 is 17.2 Å². The minimum absolute atomic E-state index is 0.00569. The van der Waals surface area contributed by atoms with Gasteiger partial charge in [0.25, 0.3) is 0 Å². The molecule has 1 fully saturated rings. The van der Waals surface area contributed by atoms with E-state index in [4.69, 9.17) is 9.15 Å². The van der Waals surface area contributed by atoms with E-state index in [0.717, 1.165) is 5.56 Å². The van der Waals surface area contributed by atoms with Gasteiger partial charge in [-0.1, -0.05) is 0 Å². The number of morpholine rings is 1. The molecule has 1 saturated heterocycles. The summed E-state index contributed by atoms with van der Waals surface area (Å²) < 4.78 is 11.1. The molecule has 3 heterocycles. The second-order valence-corrected chi connectivity index (χ2v) is 6.52. The Kier molecular flexibility index (Phi) is 4.79. The predicted octanol–water partition coefficient (Wildman–Crippen LogP) is 1.86. The summed E-state index contributed by atoms with van der Waals surface area (Å²) in [6.45, 7) is 4.53. The Labute approximate surface area is 138 Å². The Morgan fingerprint density at radius 2 is 2.39 bits per heavy atom. The molecule has 0 saturated carbocycles. The molecule has 0 spiro atoms. The Bertz CT molecular complexity index is 668. The third-order valence-electron chi connectivity index (χ3n) is 4.01. The average molecular weight is 336 g/mol. The maximum absolute atomic E-state index is 12.6. The van der Waals surface area contributed by atoms with Gasteiger partial charge in [0.05, 0.1) is 37.5 Å². The van der Waals surface area contributed by atoms with Crippen LogP contribution in [0, 0.1) is 6.92 Å². The molecule has 124 valence electrons. The monoisotopic (exact) mass is 336 g/mol. The first-order valence-electron chi connectivity index (χ1n) is 7.59. The summed E-state index contributed by atoms with van der Waals surface area (Å²) in [7, 11) is 0. The predicted molar refractivity (Wildman–Crippen MR) is 86.3 cm³/mol. The molecule has 6 nitrogen and oxygen atoms in total. The van der Waals surface area contributed by atoms with Crippen LogP contribution in [0.3, 0.4) is 0 Å². The number of hydrogen-bond donors (Lipinski definition) is 1. The second-order valence-electron chi connectivity index (χ2n) is 5.74. The van der Waals surface area contributed by atoms with E-state index in [0.29, 0.717) is 30.5 Å². The number of hydrogen-bond acceptors (Lipinski definition) is 6. The lowest BCUT2D eigenvalue weighted by Crippen LogP contribution is -2.52. The molecule has 2 aromatic heterocycles. The number of thiophene rings is 1. The quantitative estimate of drug-likeness (QED) is 0.922. The van der Waals surface area contributed by atoms with Gasteiger partial charge < -0.3 is 19.2 Å². The zero-order valence-corrected chi connectivity index (χ0v) is 14.0. The summed E-state index contributed by atoms with van der Waals surface area (Å²) in [4.78, 5) is 18.8. The maximum Gasteiger partial charge on any atom is 0.229 e. The molecule has 1 amide bonds. The number of ether oxygens (including phenoxy) is 1. The van der Waals surface area contributed by atoms with E-state index in [1.807, 2.05) is 30.7 Å². The van der Waals surface area contributed by atoms with Crippen molar-refractivity contribution in [1.29, 1.82) is 0 Å². The fourth-order valence-corrected chi connectivity index (χ4v) is 3.25. The highest BCUT2D eigenvalue weighted by Crippen LogP contribution is 2.24. The molecule has 2 atom stereocenters. The highest BCUT2D eigenvalue weighted by molar-refractivity contribution is 7.08. The van der Waals surface area contributed by atoms with Gasteiger partial charge in [-0.3, -0.25) is 4.79 Å². The van der Waals surface area contributed by atoms with Crippen LogP contribution in [-0.4, -0.2) is 52.8 Å². The largest absolute Gasteiger partial charge is 0.441 e. The standard InChI is InChI=1S/C16H20N2O4S/c1-10-8-21-13(7-19)6-18(10)15(20)5-14-11(2)22-16(17-14)12-3-4-23-9-12/h3-4,9-10,13,19H,5-8H2,1-2H3. The third kappa shape index (κ3) is 3.46. The lowest BCUT2D eigenvalue weighted by molar-refractivity contribution is -0.145. The van der Waals surface area contributed by atoms with Gasteiger partial charge in [0.1, 0.15) is 5.76 Å². The van der Waals surface area contributed by atoms with E-state index in [1.165, 1.54) is 0 Å². The summed E-state index contributed by atoms with van der Waals surface area (Å²) in [5.74, 6) is 1.20. The van der Waals surface area contributed by atoms with Crippen LogP contribution in [-0.2, 0) is 16.0 Å². The molecule has 2 unspecified atom stereocenters. The lowest BCUT2D eigenvalue weighted by Gasteiger charge is -2.37. The molecule has 0 aliphatic carbocycles. The minimum atomic E-state index is -0.310. The molecular formula is C16H20N2O4S. The van der Waals surface area contributed by atoms with E-state index in [1.54, 1.807) is 16.2 Å². The van der Waals surface area contributed by atoms with Gasteiger partial charge in [-0.25, -0.2) is 4.98 Å². The number of rotatable bonds is 4. The van der Waals surface area contributed by atoms with Crippen LogP contribution in [0.2, 0.25) is 0 Å². The Morgan fingerprint density at radius 3 is 3.09 bits per heavy atom. The molecule has 1 N–H and O–H groups in total. The SMILES string of the molecule is Cc1oc(-c2ccsc2)nc1CC(=O)N1CC(CO)OCC1C. The van der Waals surface area contributed by atoms with E-state index in [9.17, 15) is 9.90 Å². The summed E-state index contributed by atoms with van der Waals surface area (Å²) in [6.07, 6.45) is -0.114. The molecular weight excluding hydrogens is 316 g/mol. The van der Waals surface area contributed by atoms with Gasteiger partial charge in [-0.2, -0.15) is 11.3 Å². The first-order valence-corrected chi connectivity index (χ1v) is 8.53. The second kappa shape index (κ2) is 6.82. The van der Waals surface area contributed by atoms with Crippen LogP contribution in [0.1, 0.15) is 18.4 Å². The highest BCUT2D eigenvalue weighted by atomic mass is 32.1. The first kappa shape index (κ1) is 16.2. The number of carbonyl (C=O) groups is 1. The number of carbonyl (C=O) groups excluding carboxylic acids is 1. The number of aliphatic hydroxyl groups excluding tert-OH is 1. The number of aromatic nitrogens is 1. The van der Waals surface area contributed by atoms with Crippen LogP contribution < -0.4 is 0 Å². The average Bonchev–Trinajstić information content (AvgIpc) is 3.18. The molecule has 23 heavy (non-hydrogen) atoms. The summed E-state index contributed by atoms with van der Waals surface area (Å²) in [5, 5.41) is 13.2. The van der Waals surface area contributed by atoms with Crippen molar-refractivity contribution in [3.8, 4) is 11.5 Å². The van der Waals surface area contributed by atoms with Crippen molar-refractivity contribution in [3.63, 3.8) is 0 Å². The van der Waals surface area contributed by atoms with Crippen molar-refractivity contribution < 1.29 is 19.1 Å². The number of nitrogens with zero attached hydrogens (tertiary/aromatic N) is 2. The summed E-state index contributed by atoms with van der Waals surface area (Å²) >= 11 is 1.58. The molecule has 7 heteroatoms. The maximum atomic E-state index is 12.6. The fraction of sp³-hybridized carbons (Fsp3) is 0.500. The number of aryl methyl sites for hydroxylation is 1. The van der Waals surface area contributed by atoms with Crippen LogP contribution in [0.5, 0.6) is 0 Å². The first-order chi connectivity index (χ1) is 11.1. The molecule has 0 radical (unpaired) electrons. The topological polar surface area (TPSA) is 75.8 Å². The summed E-state index contributed by atoms with van der Waals surface area (Å²) in [5.41, 5.74) is 1.59. The number of oxazole rings is 1. The molecule has 2 aromatic rings. The van der Waals surface area contributed by atoms with E-state index < -0.39 is 0 Å². The highest BCUT2D eigenvalue weighted by Gasteiger charge is 2.30. The van der Waals surface area contributed by atoms with Crippen molar-refractivity contribution in [2.45, 2.75) is 32.4 Å². The smallest absolute Gasteiger partial charge is 0.229 e. The zero-order valence-electron chi connectivity index (χ0n) is 13.2. The van der Waals surface area contributed by atoms with Gasteiger partial charge in [0.15, 0.2) is 0 Å². The molecule has 1 aliphatic heterocycles. The van der Waals surface area contributed by atoms with Crippen LogP contribution >= 0.6 is 11.3 Å². The molecule has 1 aliphatic rings. The van der Waals surface area contributed by atoms with Gasteiger partial charge in [0, 0.05) is 17.5 Å². The van der Waals surface area contributed by atoms with E-state index >= 15 is 0 Å². The summed E-state index contributed by atoms with van der Waals surface area (Å²) in [6, 6.07) is 1.94. The Balaban J connectivity index is 1.72. The third-order valence-corrected chi connectivity index (χ3v) is 4.69. The van der Waals surface area contributed by atoms with Crippen molar-refractivity contribution in [2.24, 2.45) is 0 Å². The van der Waals surface area contributed by atoms with E-state index in [2.05, 4.69) is 4.98 Å². The van der Waals surface area contributed by atoms with Crippen molar-refractivity contribution in [3.05, 3.63) is 28.3 Å². The number of amides is 1. The van der Waals surface area contributed by atoms with Crippen LogP contribution in [0.15, 0.2) is 21.2 Å². The Morgan fingerprint density at radius 1 is 1.57 bits per heavy atom. The fourth-order valence-electron chi connectivity index (χ4n) is 2.62. The molecule has 0 aromatic carbocycles. The van der Waals surface area contributed by atoms with E-state index in [-0.39, 0.29) is 31.1 Å². The minimum Gasteiger partial charge on any atom is -0.441 e. The van der Waals surface area contributed by atoms with Crippen molar-refractivity contribution in [2.75, 3.05) is 19.8 Å².